The lowest BCUT2D eigenvalue weighted by Gasteiger charge is -2.06. The summed E-state index contributed by atoms with van der Waals surface area (Å²) >= 11 is 0. The zero-order chi connectivity index (χ0) is 18.8. The van der Waals surface area contributed by atoms with Gasteiger partial charge in [-0.3, -0.25) is 4.79 Å². The van der Waals surface area contributed by atoms with Crippen LogP contribution in [0.5, 0.6) is 0 Å². The molecular formula is C18H14FN7O. The molecule has 0 radical (unpaired) electrons. The highest BCUT2D eigenvalue weighted by molar-refractivity contribution is 5.92. The second-order valence-electron chi connectivity index (χ2n) is 5.75. The van der Waals surface area contributed by atoms with E-state index in [0.29, 0.717) is 29.4 Å². The summed E-state index contributed by atoms with van der Waals surface area (Å²) in [4.78, 5) is 24.2. The summed E-state index contributed by atoms with van der Waals surface area (Å²) in [6, 6.07) is 11.4. The van der Waals surface area contributed by atoms with Gasteiger partial charge in [-0.05, 0) is 29.8 Å². The molecule has 8 nitrogen and oxygen atoms in total. The number of nitrogens with zero attached hydrogens (tertiary/aromatic N) is 5. The number of primary amides is 1. The van der Waals surface area contributed by atoms with Crippen molar-refractivity contribution < 1.29 is 9.18 Å². The van der Waals surface area contributed by atoms with E-state index < -0.39 is 5.91 Å². The minimum absolute atomic E-state index is 0.261. The minimum atomic E-state index is -0.580. The Kier molecular flexibility index (Phi) is 4.17. The van der Waals surface area contributed by atoms with Crippen LogP contribution in [0, 0.1) is 5.82 Å². The van der Waals surface area contributed by atoms with Crippen LogP contribution in [0.1, 0.15) is 16.1 Å². The molecular weight excluding hydrogens is 349 g/mol. The number of hydrogen-bond acceptors (Lipinski definition) is 6. The molecule has 0 saturated heterocycles. The molecule has 134 valence electrons. The fourth-order valence-electron chi connectivity index (χ4n) is 2.71. The number of halogens is 1. The van der Waals surface area contributed by atoms with Crippen LogP contribution < -0.4 is 11.1 Å². The standard InChI is InChI=1S/C18H14FN7O/c19-12-4-1-3-11(7-12)8-21-18-23-10-22-17(25-18)13-9-24-26-14(13)5-2-6-15(26)16(20)27/h1-7,9-10H,8H2,(H2,20,27)(H,21,22,23,25). The molecule has 4 rings (SSSR count). The number of carbonyl (C=O) groups excluding carboxylic acids is 1. The number of hydrogen-bond donors (Lipinski definition) is 2. The van der Waals surface area contributed by atoms with E-state index in [9.17, 15) is 9.18 Å². The molecule has 1 aromatic carbocycles. The van der Waals surface area contributed by atoms with Crippen LogP contribution in [0.2, 0.25) is 0 Å². The van der Waals surface area contributed by atoms with Gasteiger partial charge >= 0.3 is 0 Å². The maximum Gasteiger partial charge on any atom is 0.267 e. The first-order valence-corrected chi connectivity index (χ1v) is 8.06. The number of anilines is 1. The number of nitrogens with one attached hydrogen (secondary N) is 1. The van der Waals surface area contributed by atoms with E-state index in [1.165, 1.54) is 23.0 Å². The number of carbonyl (C=O) groups is 1. The molecule has 0 unspecified atom stereocenters. The largest absolute Gasteiger partial charge is 0.364 e. The van der Waals surface area contributed by atoms with Crippen molar-refractivity contribution in [2.75, 3.05) is 5.32 Å². The Hall–Kier alpha value is -3.88. The lowest BCUT2D eigenvalue weighted by Crippen LogP contribution is -2.15. The molecule has 1 amide bonds. The van der Waals surface area contributed by atoms with Crippen LogP contribution in [0.3, 0.4) is 0 Å². The molecule has 4 aromatic rings. The van der Waals surface area contributed by atoms with Crippen LogP contribution >= 0.6 is 0 Å². The van der Waals surface area contributed by atoms with Crippen LogP contribution in [0.4, 0.5) is 10.3 Å². The van der Waals surface area contributed by atoms with Gasteiger partial charge in [0.05, 0.1) is 17.3 Å². The number of nitrogens with two attached hydrogens (primary N) is 1. The van der Waals surface area contributed by atoms with E-state index in [0.717, 1.165) is 5.56 Å². The van der Waals surface area contributed by atoms with Crippen LogP contribution in [-0.4, -0.2) is 30.5 Å². The first-order valence-electron chi connectivity index (χ1n) is 8.06. The van der Waals surface area contributed by atoms with Crippen LogP contribution in [0.15, 0.2) is 55.0 Å². The molecule has 3 heterocycles. The van der Waals surface area contributed by atoms with Crippen molar-refractivity contribution in [3.05, 3.63) is 72.1 Å². The number of fused-ring (bicyclic) bond motifs is 1. The number of aromatic nitrogens is 5. The smallest absolute Gasteiger partial charge is 0.267 e. The Labute approximate surface area is 152 Å². The Bertz CT molecular complexity index is 1140. The van der Waals surface area contributed by atoms with Crippen molar-refractivity contribution in [3.8, 4) is 11.4 Å². The SMILES string of the molecule is NC(=O)c1cccc2c(-c3ncnc(NCc4cccc(F)c4)n3)cnn12. The summed E-state index contributed by atoms with van der Waals surface area (Å²) in [5.41, 5.74) is 7.68. The van der Waals surface area contributed by atoms with E-state index in [4.69, 9.17) is 5.73 Å². The van der Waals surface area contributed by atoms with Gasteiger partial charge in [-0.25, -0.2) is 18.9 Å². The normalized spacial score (nSPS) is 10.9. The molecule has 3 N–H and O–H groups in total. The molecule has 0 saturated carbocycles. The Morgan fingerprint density at radius 3 is 2.85 bits per heavy atom. The van der Waals surface area contributed by atoms with E-state index in [1.54, 1.807) is 36.5 Å². The third kappa shape index (κ3) is 3.30. The molecule has 0 atom stereocenters. The molecule has 0 bridgehead atoms. The highest BCUT2D eigenvalue weighted by Gasteiger charge is 2.14. The average Bonchev–Trinajstić information content (AvgIpc) is 3.11. The van der Waals surface area contributed by atoms with Gasteiger partial charge in [-0.1, -0.05) is 18.2 Å². The van der Waals surface area contributed by atoms with E-state index in [2.05, 4.69) is 25.4 Å². The minimum Gasteiger partial charge on any atom is -0.364 e. The van der Waals surface area contributed by atoms with Gasteiger partial charge in [0, 0.05) is 6.54 Å². The predicted octanol–water partition coefficient (Wildman–Crippen LogP) is 2.04. The van der Waals surface area contributed by atoms with E-state index in [-0.39, 0.29) is 11.5 Å². The first kappa shape index (κ1) is 16.6. The lowest BCUT2D eigenvalue weighted by molar-refractivity contribution is 0.0993. The molecule has 9 heteroatoms. The predicted molar refractivity (Wildman–Crippen MR) is 96.3 cm³/mol. The third-order valence-electron chi connectivity index (χ3n) is 3.95. The van der Waals surface area contributed by atoms with Crippen molar-refractivity contribution in [2.45, 2.75) is 6.54 Å². The van der Waals surface area contributed by atoms with Gasteiger partial charge in [-0.2, -0.15) is 10.1 Å². The first-order chi connectivity index (χ1) is 13.1. The molecule has 27 heavy (non-hydrogen) atoms. The van der Waals surface area contributed by atoms with Crippen LogP contribution in [-0.2, 0) is 6.54 Å². The van der Waals surface area contributed by atoms with E-state index >= 15 is 0 Å². The quantitative estimate of drug-likeness (QED) is 0.561. The van der Waals surface area contributed by atoms with Gasteiger partial charge < -0.3 is 11.1 Å². The van der Waals surface area contributed by atoms with Gasteiger partial charge in [0.15, 0.2) is 5.82 Å². The van der Waals surface area contributed by atoms with Gasteiger partial charge in [0.25, 0.3) is 5.91 Å². The zero-order valence-corrected chi connectivity index (χ0v) is 14.0. The lowest BCUT2D eigenvalue weighted by atomic mass is 10.2. The monoisotopic (exact) mass is 363 g/mol. The highest BCUT2D eigenvalue weighted by atomic mass is 19.1. The summed E-state index contributed by atoms with van der Waals surface area (Å²) in [6.45, 7) is 0.363. The maximum atomic E-state index is 13.3. The van der Waals surface area contributed by atoms with Gasteiger partial charge in [0.1, 0.15) is 17.8 Å². The fraction of sp³-hybridized carbons (Fsp3) is 0.0556. The number of rotatable bonds is 5. The second kappa shape index (κ2) is 6.79. The maximum absolute atomic E-state index is 13.3. The van der Waals surface area contributed by atoms with Crippen molar-refractivity contribution in [2.24, 2.45) is 5.73 Å². The van der Waals surface area contributed by atoms with E-state index in [1.807, 2.05) is 0 Å². The number of benzene rings is 1. The van der Waals surface area contributed by atoms with Crippen LogP contribution in [0.25, 0.3) is 16.9 Å². The number of amides is 1. The zero-order valence-electron chi connectivity index (χ0n) is 14.0. The summed E-state index contributed by atoms with van der Waals surface area (Å²) in [6.07, 6.45) is 2.94. The third-order valence-corrected chi connectivity index (χ3v) is 3.95. The fourth-order valence-corrected chi connectivity index (χ4v) is 2.71. The van der Waals surface area contributed by atoms with Gasteiger partial charge in [0.2, 0.25) is 5.95 Å². The molecule has 3 aromatic heterocycles. The summed E-state index contributed by atoms with van der Waals surface area (Å²) < 4.78 is 14.7. The van der Waals surface area contributed by atoms with Crippen molar-refractivity contribution in [3.63, 3.8) is 0 Å². The molecule has 0 aliphatic carbocycles. The molecule has 0 aliphatic heterocycles. The Morgan fingerprint density at radius 2 is 2.04 bits per heavy atom. The Balaban J connectivity index is 1.64. The molecule has 0 aliphatic rings. The summed E-state index contributed by atoms with van der Waals surface area (Å²) in [7, 11) is 0. The average molecular weight is 363 g/mol. The van der Waals surface area contributed by atoms with Gasteiger partial charge in [-0.15, -0.1) is 0 Å². The highest BCUT2D eigenvalue weighted by Crippen LogP contribution is 2.22. The molecule has 0 spiro atoms. The second-order valence-corrected chi connectivity index (χ2v) is 5.75. The van der Waals surface area contributed by atoms with Crippen molar-refractivity contribution in [1.29, 1.82) is 0 Å². The van der Waals surface area contributed by atoms with Crippen molar-refractivity contribution in [1.82, 2.24) is 24.6 Å². The van der Waals surface area contributed by atoms with Crippen molar-refractivity contribution >= 4 is 17.4 Å². The topological polar surface area (TPSA) is 111 Å². The summed E-state index contributed by atoms with van der Waals surface area (Å²) in [5, 5.41) is 7.24. The number of pyridine rings is 1. The Morgan fingerprint density at radius 1 is 1.19 bits per heavy atom. The summed E-state index contributed by atoms with van der Waals surface area (Å²) in [5.74, 6) is -0.149. The molecule has 0 fully saturated rings.